The third-order valence-corrected chi connectivity index (χ3v) is 5.28. The van der Waals surface area contributed by atoms with E-state index in [0.717, 1.165) is 37.3 Å². The van der Waals surface area contributed by atoms with Crippen molar-refractivity contribution >= 4 is 44.3 Å². The molecule has 3 N–H and O–H groups in total. The summed E-state index contributed by atoms with van der Waals surface area (Å²) in [4.78, 5) is 21.1. The van der Waals surface area contributed by atoms with Crippen molar-refractivity contribution in [1.82, 2.24) is 19.9 Å². The lowest BCUT2D eigenvalue weighted by molar-refractivity contribution is -0.119. The quantitative estimate of drug-likeness (QED) is 0.594. The van der Waals surface area contributed by atoms with E-state index in [1.807, 2.05) is 23.7 Å². The number of hydrogen-bond donors (Lipinski definition) is 2. The maximum Gasteiger partial charge on any atom is 0.217 e. The number of aromatic nitrogens is 3. The number of nitrogens with zero attached hydrogens (tertiary/aromatic N) is 3. The lowest BCUT2D eigenvalue weighted by Gasteiger charge is -2.04. The van der Waals surface area contributed by atoms with E-state index < -0.39 is 0 Å². The molecule has 1 aromatic carbocycles. The lowest BCUT2D eigenvalue weighted by atomic mass is 10.1. The Kier molecular flexibility index (Phi) is 3.65. The van der Waals surface area contributed by atoms with Gasteiger partial charge in [-0.3, -0.25) is 4.79 Å². The van der Waals surface area contributed by atoms with Crippen molar-refractivity contribution in [3.8, 4) is 10.4 Å². The summed E-state index contributed by atoms with van der Waals surface area (Å²) in [5, 5.41) is 2.83. The fourth-order valence-corrected chi connectivity index (χ4v) is 4.09. The van der Waals surface area contributed by atoms with Gasteiger partial charge in [-0.05, 0) is 23.3 Å². The van der Waals surface area contributed by atoms with Gasteiger partial charge < -0.3 is 15.6 Å². The van der Waals surface area contributed by atoms with Gasteiger partial charge in [0.1, 0.15) is 5.52 Å². The van der Waals surface area contributed by atoms with Crippen LogP contribution in [0.25, 0.3) is 31.7 Å². The van der Waals surface area contributed by atoms with Crippen LogP contribution in [0.3, 0.4) is 0 Å². The number of hydrogen-bond acceptors (Lipinski definition) is 5. The second kappa shape index (κ2) is 5.86. The van der Waals surface area contributed by atoms with E-state index in [9.17, 15) is 4.79 Å². The normalized spacial score (nSPS) is 11.3. The van der Waals surface area contributed by atoms with Crippen LogP contribution < -0.4 is 11.1 Å². The van der Waals surface area contributed by atoms with Crippen molar-refractivity contribution in [3.05, 3.63) is 42.2 Å². The first-order chi connectivity index (χ1) is 12.0. The summed E-state index contributed by atoms with van der Waals surface area (Å²) in [5.74, 6) is 0.414. The van der Waals surface area contributed by atoms with Gasteiger partial charge in [-0.15, -0.1) is 11.3 Å². The van der Waals surface area contributed by atoms with Gasteiger partial charge in [0.05, 0.1) is 22.1 Å². The molecule has 3 heterocycles. The molecule has 0 atom stereocenters. The van der Waals surface area contributed by atoms with Gasteiger partial charge in [0.15, 0.2) is 5.82 Å². The van der Waals surface area contributed by atoms with Crippen LogP contribution in [-0.4, -0.2) is 20.4 Å². The van der Waals surface area contributed by atoms with Gasteiger partial charge >= 0.3 is 0 Å². The largest absolute Gasteiger partial charge is 0.382 e. The number of pyridine rings is 1. The third kappa shape index (κ3) is 2.72. The molecule has 0 aliphatic rings. The van der Waals surface area contributed by atoms with E-state index in [-0.39, 0.29) is 5.91 Å². The Morgan fingerprint density at radius 2 is 2.20 bits per heavy atom. The van der Waals surface area contributed by atoms with E-state index in [0.29, 0.717) is 12.4 Å². The van der Waals surface area contributed by atoms with E-state index >= 15 is 0 Å². The number of carbonyl (C=O) groups is 1. The number of carbonyl (C=O) groups excluding carboxylic acids is 1. The standard InChI is InChI=1S/C18H17N5OS/c1-10(24)20-8-11-4-3-5-12(6-11)14-7-13-17(25-14)16-15(18(19)22-13)21-9-23(16)2/h3-7,9H,8H2,1-2H3,(H2,19,22)(H,20,24). The van der Waals surface area contributed by atoms with Crippen LogP contribution in [0.4, 0.5) is 5.82 Å². The SMILES string of the molecule is CC(=O)NCc1cccc(-c2cc3nc(N)c4ncn(C)c4c3s2)c1. The van der Waals surface area contributed by atoms with Crippen molar-refractivity contribution < 1.29 is 4.79 Å². The second-order valence-corrected chi connectivity index (χ2v) is 7.04. The number of nitrogen functional groups attached to an aromatic ring is 1. The molecule has 0 saturated heterocycles. The molecule has 3 aromatic heterocycles. The van der Waals surface area contributed by atoms with Gasteiger partial charge in [-0.1, -0.05) is 18.2 Å². The highest BCUT2D eigenvalue weighted by molar-refractivity contribution is 7.23. The molecule has 0 aliphatic heterocycles. The topological polar surface area (TPSA) is 85.8 Å². The van der Waals surface area contributed by atoms with Crippen LogP contribution in [0.15, 0.2) is 36.7 Å². The average molecular weight is 351 g/mol. The van der Waals surface area contributed by atoms with Crippen molar-refractivity contribution in [3.63, 3.8) is 0 Å². The van der Waals surface area contributed by atoms with E-state index in [2.05, 4.69) is 33.5 Å². The number of aryl methyl sites for hydroxylation is 1. The van der Waals surface area contributed by atoms with Crippen molar-refractivity contribution in [2.75, 3.05) is 5.73 Å². The number of thiophene rings is 1. The molecule has 6 nitrogen and oxygen atoms in total. The summed E-state index contributed by atoms with van der Waals surface area (Å²) in [5.41, 5.74) is 10.8. The zero-order chi connectivity index (χ0) is 17.6. The highest BCUT2D eigenvalue weighted by Gasteiger charge is 2.15. The first kappa shape index (κ1) is 15.6. The molecule has 4 aromatic rings. The molecule has 0 unspecified atom stereocenters. The first-order valence-electron chi connectivity index (χ1n) is 7.86. The van der Waals surface area contributed by atoms with Crippen LogP contribution >= 0.6 is 11.3 Å². The predicted molar refractivity (Wildman–Crippen MR) is 101 cm³/mol. The summed E-state index contributed by atoms with van der Waals surface area (Å²) in [6.45, 7) is 2.04. The van der Waals surface area contributed by atoms with Crippen molar-refractivity contribution in [1.29, 1.82) is 0 Å². The average Bonchev–Trinajstić information content (AvgIpc) is 3.17. The van der Waals surface area contributed by atoms with Gasteiger partial charge in [-0.2, -0.15) is 0 Å². The number of rotatable bonds is 3. The zero-order valence-electron chi connectivity index (χ0n) is 13.9. The summed E-state index contributed by atoms with van der Waals surface area (Å²) in [6, 6.07) is 10.2. The van der Waals surface area contributed by atoms with Gasteiger partial charge in [0, 0.05) is 25.4 Å². The number of amides is 1. The smallest absolute Gasteiger partial charge is 0.217 e. The zero-order valence-corrected chi connectivity index (χ0v) is 14.7. The Bertz CT molecular complexity index is 1110. The molecule has 0 aliphatic carbocycles. The minimum absolute atomic E-state index is 0.0365. The van der Waals surface area contributed by atoms with Gasteiger partial charge in [-0.25, -0.2) is 9.97 Å². The monoisotopic (exact) mass is 351 g/mol. The number of imidazole rings is 1. The fourth-order valence-electron chi connectivity index (χ4n) is 2.91. The highest BCUT2D eigenvalue weighted by atomic mass is 32.1. The summed E-state index contributed by atoms with van der Waals surface area (Å²) in [6.07, 6.45) is 1.76. The Hall–Kier alpha value is -2.93. The van der Waals surface area contributed by atoms with Gasteiger partial charge in [0.25, 0.3) is 0 Å². The second-order valence-electron chi connectivity index (χ2n) is 5.98. The van der Waals surface area contributed by atoms with Crippen LogP contribution in [0.1, 0.15) is 12.5 Å². The van der Waals surface area contributed by atoms with Crippen molar-refractivity contribution in [2.45, 2.75) is 13.5 Å². The van der Waals surface area contributed by atoms with Crippen LogP contribution in [0, 0.1) is 0 Å². The Labute approximate surface area is 148 Å². The molecule has 0 radical (unpaired) electrons. The molecule has 126 valence electrons. The van der Waals surface area contributed by atoms with Crippen LogP contribution in [-0.2, 0) is 18.4 Å². The molecule has 25 heavy (non-hydrogen) atoms. The van der Waals surface area contributed by atoms with Gasteiger partial charge in [0.2, 0.25) is 5.91 Å². The van der Waals surface area contributed by atoms with E-state index in [4.69, 9.17) is 5.73 Å². The Balaban J connectivity index is 1.82. The number of nitrogens with two attached hydrogens (primary N) is 1. The van der Waals surface area contributed by atoms with Crippen LogP contribution in [0.5, 0.6) is 0 Å². The van der Waals surface area contributed by atoms with E-state index in [1.54, 1.807) is 17.7 Å². The minimum Gasteiger partial charge on any atom is -0.382 e. The lowest BCUT2D eigenvalue weighted by Crippen LogP contribution is -2.18. The number of nitrogens with one attached hydrogen (secondary N) is 1. The van der Waals surface area contributed by atoms with Crippen molar-refractivity contribution in [2.24, 2.45) is 7.05 Å². The predicted octanol–water partition coefficient (Wildman–Crippen LogP) is 3.07. The maximum absolute atomic E-state index is 11.1. The number of benzene rings is 1. The Morgan fingerprint density at radius 3 is 3.00 bits per heavy atom. The molecular weight excluding hydrogens is 334 g/mol. The molecule has 0 fully saturated rings. The maximum atomic E-state index is 11.1. The molecule has 0 bridgehead atoms. The highest BCUT2D eigenvalue weighted by Crippen LogP contribution is 2.37. The van der Waals surface area contributed by atoms with E-state index in [1.165, 1.54) is 6.92 Å². The summed E-state index contributed by atoms with van der Waals surface area (Å²) >= 11 is 1.67. The summed E-state index contributed by atoms with van der Waals surface area (Å²) in [7, 11) is 1.96. The third-order valence-electron chi connectivity index (χ3n) is 4.10. The Morgan fingerprint density at radius 1 is 1.36 bits per heavy atom. The summed E-state index contributed by atoms with van der Waals surface area (Å²) < 4.78 is 3.05. The fraction of sp³-hybridized carbons (Fsp3) is 0.167. The molecule has 0 saturated carbocycles. The van der Waals surface area contributed by atoms with Crippen LogP contribution in [0.2, 0.25) is 0 Å². The molecule has 1 amide bonds. The number of anilines is 1. The molecule has 4 rings (SSSR count). The number of fused-ring (bicyclic) bond motifs is 3. The molecule has 7 heteroatoms. The minimum atomic E-state index is -0.0365. The molecular formula is C18H17N5OS. The first-order valence-corrected chi connectivity index (χ1v) is 8.68. The molecule has 0 spiro atoms.